The summed E-state index contributed by atoms with van der Waals surface area (Å²) in [5.41, 5.74) is 6.32. The summed E-state index contributed by atoms with van der Waals surface area (Å²) in [5, 5.41) is 11.4. The Labute approximate surface area is 144 Å². The second-order valence-electron chi connectivity index (χ2n) is 5.25. The Morgan fingerprint density at radius 1 is 1.21 bits per heavy atom. The monoisotopic (exact) mass is 338 g/mol. The number of carbonyl (C=O) groups is 1. The molecule has 120 valence electrons. The van der Waals surface area contributed by atoms with Crippen LogP contribution in [0.25, 0.3) is 11.3 Å². The predicted molar refractivity (Wildman–Crippen MR) is 95.3 cm³/mol. The minimum atomic E-state index is -0.371. The van der Waals surface area contributed by atoms with Gasteiger partial charge in [0.2, 0.25) is 0 Å². The van der Waals surface area contributed by atoms with Gasteiger partial charge >= 0.3 is 0 Å². The Hall–Kier alpha value is -2.92. The third-order valence-corrected chi connectivity index (χ3v) is 3.79. The largest absolute Gasteiger partial charge is 0.289 e. The van der Waals surface area contributed by atoms with Gasteiger partial charge in [0.1, 0.15) is 5.69 Å². The molecule has 3 rings (SSSR count). The molecule has 0 saturated carbocycles. The van der Waals surface area contributed by atoms with Crippen LogP contribution in [0.3, 0.4) is 0 Å². The van der Waals surface area contributed by atoms with E-state index in [2.05, 4.69) is 20.7 Å². The van der Waals surface area contributed by atoms with Gasteiger partial charge in [-0.1, -0.05) is 59.6 Å². The summed E-state index contributed by atoms with van der Waals surface area (Å²) in [6.07, 6.45) is 1.50. The number of aromatic nitrogens is 2. The van der Waals surface area contributed by atoms with E-state index in [4.69, 9.17) is 11.6 Å². The molecule has 0 aliphatic carbocycles. The molecule has 0 saturated heterocycles. The van der Waals surface area contributed by atoms with Gasteiger partial charge in [-0.15, -0.1) is 0 Å². The first-order valence-electron chi connectivity index (χ1n) is 7.34. The van der Waals surface area contributed by atoms with Crippen LogP contribution >= 0.6 is 11.6 Å². The maximum absolute atomic E-state index is 12.1. The molecule has 0 unspecified atom stereocenters. The molecule has 2 aromatic carbocycles. The van der Waals surface area contributed by atoms with E-state index < -0.39 is 0 Å². The average molecular weight is 339 g/mol. The first-order chi connectivity index (χ1) is 11.6. The van der Waals surface area contributed by atoms with Gasteiger partial charge in [0.25, 0.3) is 5.91 Å². The van der Waals surface area contributed by atoms with Crippen molar-refractivity contribution in [3.8, 4) is 11.3 Å². The molecule has 0 aliphatic heterocycles. The summed E-state index contributed by atoms with van der Waals surface area (Å²) < 4.78 is 0. The van der Waals surface area contributed by atoms with Crippen LogP contribution in [0.4, 0.5) is 0 Å². The van der Waals surface area contributed by atoms with Crippen molar-refractivity contribution < 1.29 is 4.79 Å². The van der Waals surface area contributed by atoms with E-state index in [1.165, 1.54) is 11.8 Å². The summed E-state index contributed by atoms with van der Waals surface area (Å²) >= 11 is 6.02. The van der Waals surface area contributed by atoms with Crippen LogP contribution in [0.5, 0.6) is 0 Å². The van der Waals surface area contributed by atoms with Gasteiger partial charge in [-0.2, -0.15) is 10.2 Å². The van der Waals surface area contributed by atoms with Gasteiger partial charge in [0.15, 0.2) is 0 Å². The van der Waals surface area contributed by atoms with Gasteiger partial charge < -0.3 is 0 Å². The number of H-pyrrole nitrogens is 1. The molecule has 1 heterocycles. The Morgan fingerprint density at radius 3 is 2.71 bits per heavy atom. The zero-order chi connectivity index (χ0) is 16.9. The van der Waals surface area contributed by atoms with E-state index in [-0.39, 0.29) is 5.91 Å². The van der Waals surface area contributed by atoms with Crippen molar-refractivity contribution in [2.24, 2.45) is 5.10 Å². The van der Waals surface area contributed by atoms with Crippen molar-refractivity contribution in [1.29, 1.82) is 0 Å². The number of hydrazone groups is 1. The maximum atomic E-state index is 12.1. The van der Waals surface area contributed by atoms with Crippen LogP contribution in [-0.2, 0) is 0 Å². The number of aryl methyl sites for hydroxylation is 1. The minimum absolute atomic E-state index is 0.335. The van der Waals surface area contributed by atoms with Crippen molar-refractivity contribution in [1.82, 2.24) is 15.6 Å². The molecule has 3 aromatic rings. The molecule has 0 bridgehead atoms. The van der Waals surface area contributed by atoms with Crippen molar-refractivity contribution in [2.45, 2.75) is 6.92 Å². The SMILES string of the molecule is Cc1ccc(-c2cc(C(=O)N/N=C/c3ccccc3Cl)[nH]n2)cc1. The zero-order valence-corrected chi connectivity index (χ0v) is 13.7. The van der Waals surface area contributed by atoms with Gasteiger partial charge in [-0.05, 0) is 19.1 Å². The second kappa shape index (κ2) is 7.10. The Kier molecular flexibility index (Phi) is 4.72. The number of nitrogens with one attached hydrogen (secondary N) is 2. The van der Waals surface area contributed by atoms with E-state index in [9.17, 15) is 4.79 Å². The number of hydrogen-bond donors (Lipinski definition) is 2. The summed E-state index contributed by atoms with van der Waals surface area (Å²) in [6.45, 7) is 2.02. The van der Waals surface area contributed by atoms with Crippen LogP contribution < -0.4 is 5.43 Å². The number of nitrogens with zero attached hydrogens (tertiary/aromatic N) is 2. The molecule has 6 heteroatoms. The van der Waals surface area contributed by atoms with Crippen LogP contribution in [0, 0.1) is 6.92 Å². The van der Waals surface area contributed by atoms with Crippen LogP contribution in [-0.4, -0.2) is 22.3 Å². The Morgan fingerprint density at radius 2 is 1.96 bits per heavy atom. The quantitative estimate of drug-likeness (QED) is 0.561. The third kappa shape index (κ3) is 3.70. The van der Waals surface area contributed by atoms with Crippen LogP contribution in [0.1, 0.15) is 21.6 Å². The fourth-order valence-electron chi connectivity index (χ4n) is 2.11. The lowest BCUT2D eigenvalue weighted by atomic mass is 10.1. The highest BCUT2D eigenvalue weighted by molar-refractivity contribution is 6.33. The van der Waals surface area contributed by atoms with Crippen molar-refractivity contribution in [3.05, 3.63) is 76.4 Å². The lowest BCUT2D eigenvalue weighted by Crippen LogP contribution is -2.18. The minimum Gasteiger partial charge on any atom is -0.272 e. The summed E-state index contributed by atoms with van der Waals surface area (Å²) in [6, 6.07) is 16.8. The highest BCUT2D eigenvalue weighted by Gasteiger charge is 2.10. The fourth-order valence-corrected chi connectivity index (χ4v) is 2.30. The van der Waals surface area contributed by atoms with Gasteiger partial charge in [0.05, 0.1) is 11.9 Å². The van der Waals surface area contributed by atoms with E-state index >= 15 is 0 Å². The van der Waals surface area contributed by atoms with Crippen LogP contribution in [0.15, 0.2) is 59.7 Å². The first kappa shape index (κ1) is 16.0. The van der Waals surface area contributed by atoms with Crippen molar-refractivity contribution in [2.75, 3.05) is 0 Å². The molecule has 1 amide bonds. The molecule has 2 N–H and O–H groups in total. The summed E-state index contributed by atoms with van der Waals surface area (Å²) in [5.74, 6) is -0.371. The lowest BCUT2D eigenvalue weighted by molar-refractivity contribution is 0.0950. The normalized spacial score (nSPS) is 10.9. The van der Waals surface area contributed by atoms with Gasteiger partial charge in [0, 0.05) is 16.1 Å². The maximum Gasteiger partial charge on any atom is 0.289 e. The van der Waals surface area contributed by atoms with E-state index in [1.807, 2.05) is 49.4 Å². The smallest absolute Gasteiger partial charge is 0.272 e. The standard InChI is InChI=1S/C18H15ClN4O/c1-12-6-8-13(9-7-12)16-10-17(22-21-16)18(24)23-20-11-14-4-2-3-5-15(14)19/h2-11H,1H3,(H,21,22)(H,23,24)/b20-11+. The second-order valence-corrected chi connectivity index (χ2v) is 5.66. The average Bonchev–Trinajstić information content (AvgIpc) is 3.07. The van der Waals surface area contributed by atoms with Crippen LogP contribution in [0.2, 0.25) is 5.02 Å². The number of benzene rings is 2. The molecule has 5 nitrogen and oxygen atoms in total. The molecular weight excluding hydrogens is 324 g/mol. The predicted octanol–water partition coefficient (Wildman–Crippen LogP) is 3.80. The lowest BCUT2D eigenvalue weighted by Gasteiger charge is -1.98. The molecule has 1 aromatic heterocycles. The molecular formula is C18H15ClN4O. The molecule has 24 heavy (non-hydrogen) atoms. The number of hydrogen-bond acceptors (Lipinski definition) is 3. The topological polar surface area (TPSA) is 70.1 Å². The first-order valence-corrected chi connectivity index (χ1v) is 7.71. The van der Waals surface area contributed by atoms with Crippen molar-refractivity contribution in [3.63, 3.8) is 0 Å². The van der Waals surface area contributed by atoms with E-state index in [0.29, 0.717) is 16.4 Å². The number of aromatic amines is 1. The molecule has 0 atom stereocenters. The molecule has 0 spiro atoms. The molecule has 0 aliphatic rings. The fraction of sp³-hybridized carbons (Fsp3) is 0.0556. The highest BCUT2D eigenvalue weighted by atomic mass is 35.5. The highest BCUT2D eigenvalue weighted by Crippen LogP contribution is 2.18. The zero-order valence-electron chi connectivity index (χ0n) is 13.0. The molecule has 0 radical (unpaired) electrons. The molecule has 0 fully saturated rings. The summed E-state index contributed by atoms with van der Waals surface area (Å²) in [4.78, 5) is 12.1. The number of amides is 1. The van der Waals surface area contributed by atoms with E-state index in [0.717, 1.165) is 11.1 Å². The van der Waals surface area contributed by atoms with Crippen molar-refractivity contribution >= 4 is 23.7 Å². The number of halogens is 1. The number of rotatable bonds is 4. The number of carbonyl (C=O) groups excluding carboxylic acids is 1. The van der Waals surface area contributed by atoms with E-state index in [1.54, 1.807) is 12.1 Å². The van der Waals surface area contributed by atoms with Gasteiger partial charge in [-0.3, -0.25) is 9.89 Å². The Bertz CT molecular complexity index is 884. The van der Waals surface area contributed by atoms with Gasteiger partial charge in [-0.25, -0.2) is 5.43 Å². The summed E-state index contributed by atoms with van der Waals surface area (Å²) in [7, 11) is 0. The Balaban J connectivity index is 1.68. The third-order valence-electron chi connectivity index (χ3n) is 3.44.